The molecule has 120 valence electrons. The van der Waals surface area contributed by atoms with Crippen LogP contribution in [0.3, 0.4) is 0 Å². The fourth-order valence-corrected chi connectivity index (χ4v) is 3.25. The van der Waals surface area contributed by atoms with Gasteiger partial charge in [0.2, 0.25) is 5.91 Å². The standard InChI is InChI=1S/C15H17F3N2O2/c1-22-13-4-2-3-9-7-20(8-11(9)13)14(21)10-5-19-6-12(10)15(16,17)18/h2-4,10,12,19H,5-8H2,1H3/t10-,12-/m1/s1. The average molecular weight is 314 g/mol. The van der Waals surface area contributed by atoms with Gasteiger partial charge in [-0.05, 0) is 11.6 Å². The molecule has 2 atom stereocenters. The van der Waals surface area contributed by atoms with Crippen LogP contribution in [-0.4, -0.2) is 37.2 Å². The maximum atomic E-state index is 13.0. The van der Waals surface area contributed by atoms with Gasteiger partial charge in [-0.3, -0.25) is 4.79 Å². The van der Waals surface area contributed by atoms with Crippen molar-refractivity contribution in [3.05, 3.63) is 29.3 Å². The molecule has 3 rings (SSSR count). The lowest BCUT2D eigenvalue weighted by atomic mass is 9.94. The Morgan fingerprint density at radius 1 is 1.32 bits per heavy atom. The molecule has 1 saturated heterocycles. The monoisotopic (exact) mass is 314 g/mol. The van der Waals surface area contributed by atoms with Gasteiger partial charge in [-0.25, -0.2) is 0 Å². The number of hydrogen-bond acceptors (Lipinski definition) is 3. The van der Waals surface area contributed by atoms with E-state index in [1.807, 2.05) is 12.1 Å². The highest BCUT2D eigenvalue weighted by Crippen LogP contribution is 2.37. The van der Waals surface area contributed by atoms with Crippen molar-refractivity contribution in [1.29, 1.82) is 0 Å². The van der Waals surface area contributed by atoms with Gasteiger partial charge < -0.3 is 15.0 Å². The summed E-state index contributed by atoms with van der Waals surface area (Å²) >= 11 is 0. The molecular formula is C15H17F3N2O2. The third-order valence-corrected chi connectivity index (χ3v) is 4.42. The van der Waals surface area contributed by atoms with Crippen LogP contribution in [0.4, 0.5) is 13.2 Å². The van der Waals surface area contributed by atoms with E-state index in [-0.39, 0.29) is 13.1 Å². The Hall–Kier alpha value is -1.76. The highest BCUT2D eigenvalue weighted by Gasteiger charge is 2.51. The molecule has 1 fully saturated rings. The van der Waals surface area contributed by atoms with E-state index in [0.29, 0.717) is 18.8 Å². The summed E-state index contributed by atoms with van der Waals surface area (Å²) in [4.78, 5) is 14.0. The second kappa shape index (κ2) is 5.46. The molecule has 1 amide bonds. The predicted molar refractivity (Wildman–Crippen MR) is 73.2 cm³/mol. The Morgan fingerprint density at radius 2 is 2.09 bits per heavy atom. The first-order chi connectivity index (χ1) is 10.4. The summed E-state index contributed by atoms with van der Waals surface area (Å²) in [5.41, 5.74) is 1.81. The van der Waals surface area contributed by atoms with Crippen molar-refractivity contribution >= 4 is 5.91 Å². The molecular weight excluding hydrogens is 297 g/mol. The Morgan fingerprint density at radius 3 is 2.77 bits per heavy atom. The summed E-state index contributed by atoms with van der Waals surface area (Å²) in [6, 6.07) is 5.49. The van der Waals surface area contributed by atoms with Crippen LogP contribution < -0.4 is 10.1 Å². The molecule has 22 heavy (non-hydrogen) atoms. The number of amides is 1. The van der Waals surface area contributed by atoms with Crippen molar-refractivity contribution in [3.63, 3.8) is 0 Å². The zero-order chi connectivity index (χ0) is 15.9. The van der Waals surface area contributed by atoms with E-state index < -0.39 is 23.9 Å². The maximum Gasteiger partial charge on any atom is 0.393 e. The van der Waals surface area contributed by atoms with Gasteiger partial charge in [-0.15, -0.1) is 0 Å². The van der Waals surface area contributed by atoms with Gasteiger partial charge in [-0.2, -0.15) is 13.2 Å². The van der Waals surface area contributed by atoms with Crippen LogP contribution in [0.15, 0.2) is 18.2 Å². The minimum Gasteiger partial charge on any atom is -0.496 e. The molecule has 0 bridgehead atoms. The molecule has 2 aliphatic heterocycles. The van der Waals surface area contributed by atoms with E-state index in [1.54, 1.807) is 13.2 Å². The Labute approximate surface area is 126 Å². The van der Waals surface area contributed by atoms with Crippen molar-refractivity contribution in [2.45, 2.75) is 19.3 Å². The number of halogens is 3. The van der Waals surface area contributed by atoms with Gasteiger partial charge in [0.15, 0.2) is 0 Å². The third-order valence-electron chi connectivity index (χ3n) is 4.42. The smallest absolute Gasteiger partial charge is 0.393 e. The van der Waals surface area contributed by atoms with Gasteiger partial charge >= 0.3 is 6.18 Å². The number of nitrogens with zero attached hydrogens (tertiary/aromatic N) is 1. The minimum absolute atomic E-state index is 0.0764. The predicted octanol–water partition coefficient (Wildman–Crippen LogP) is 1.94. The molecule has 0 aliphatic carbocycles. The maximum absolute atomic E-state index is 13.0. The van der Waals surface area contributed by atoms with Crippen molar-refractivity contribution in [2.24, 2.45) is 11.8 Å². The summed E-state index contributed by atoms with van der Waals surface area (Å²) < 4.78 is 44.3. The molecule has 0 unspecified atom stereocenters. The van der Waals surface area contributed by atoms with E-state index in [1.165, 1.54) is 4.90 Å². The van der Waals surface area contributed by atoms with Crippen molar-refractivity contribution in [2.75, 3.05) is 20.2 Å². The van der Waals surface area contributed by atoms with Crippen LogP contribution in [0.1, 0.15) is 11.1 Å². The SMILES string of the molecule is COc1cccc2c1CN(C(=O)[C@@H]1CNC[C@H]1C(F)(F)F)C2. The lowest BCUT2D eigenvalue weighted by Crippen LogP contribution is -2.40. The van der Waals surface area contributed by atoms with E-state index in [4.69, 9.17) is 4.74 Å². The van der Waals surface area contributed by atoms with Crippen molar-refractivity contribution < 1.29 is 22.7 Å². The van der Waals surface area contributed by atoms with Gasteiger partial charge in [0.05, 0.1) is 18.9 Å². The first kappa shape index (κ1) is 15.1. The summed E-state index contributed by atoms with van der Waals surface area (Å²) in [5.74, 6) is -2.42. The molecule has 0 radical (unpaired) electrons. The van der Waals surface area contributed by atoms with Gasteiger partial charge in [-0.1, -0.05) is 12.1 Å². The van der Waals surface area contributed by atoms with E-state index in [2.05, 4.69) is 5.32 Å². The Bertz CT molecular complexity index is 589. The van der Waals surface area contributed by atoms with E-state index in [9.17, 15) is 18.0 Å². The molecule has 2 aliphatic rings. The Balaban J connectivity index is 1.78. The second-order valence-electron chi connectivity index (χ2n) is 5.71. The lowest BCUT2D eigenvalue weighted by molar-refractivity contribution is -0.185. The van der Waals surface area contributed by atoms with E-state index >= 15 is 0 Å². The van der Waals surface area contributed by atoms with Gasteiger partial charge in [0.25, 0.3) is 0 Å². The quantitative estimate of drug-likeness (QED) is 0.907. The van der Waals surface area contributed by atoms with Gasteiger partial charge in [0, 0.05) is 31.7 Å². The van der Waals surface area contributed by atoms with Crippen LogP contribution in [0.2, 0.25) is 0 Å². The molecule has 1 aromatic carbocycles. The second-order valence-corrected chi connectivity index (χ2v) is 5.71. The molecule has 0 aromatic heterocycles. The zero-order valence-electron chi connectivity index (χ0n) is 12.1. The summed E-state index contributed by atoms with van der Waals surface area (Å²) in [6.45, 7) is 0.530. The largest absolute Gasteiger partial charge is 0.496 e. The number of benzene rings is 1. The van der Waals surface area contributed by atoms with Crippen LogP contribution in [-0.2, 0) is 17.9 Å². The van der Waals surface area contributed by atoms with Crippen LogP contribution >= 0.6 is 0 Å². The van der Waals surface area contributed by atoms with Crippen LogP contribution in [0, 0.1) is 11.8 Å². The number of alkyl halides is 3. The summed E-state index contributed by atoms with van der Waals surface area (Å²) in [6.07, 6.45) is -4.35. The molecule has 0 spiro atoms. The zero-order valence-corrected chi connectivity index (χ0v) is 12.1. The molecule has 1 aromatic rings. The highest BCUT2D eigenvalue weighted by atomic mass is 19.4. The number of methoxy groups -OCH3 is 1. The topological polar surface area (TPSA) is 41.6 Å². The molecule has 4 nitrogen and oxygen atoms in total. The van der Waals surface area contributed by atoms with Crippen LogP contribution in [0.25, 0.3) is 0 Å². The number of ether oxygens (including phenoxy) is 1. The summed E-state index contributed by atoms with van der Waals surface area (Å²) in [7, 11) is 1.54. The lowest BCUT2D eigenvalue weighted by Gasteiger charge is -2.25. The number of hydrogen-bond donors (Lipinski definition) is 1. The normalized spacial score (nSPS) is 24.5. The van der Waals surface area contributed by atoms with E-state index in [0.717, 1.165) is 11.1 Å². The number of carbonyl (C=O) groups excluding carboxylic acids is 1. The minimum atomic E-state index is -4.35. The number of carbonyl (C=O) groups is 1. The van der Waals surface area contributed by atoms with Gasteiger partial charge in [0.1, 0.15) is 5.75 Å². The average Bonchev–Trinajstić information content (AvgIpc) is 3.11. The third kappa shape index (κ3) is 2.54. The fraction of sp³-hybridized carbons (Fsp3) is 0.533. The number of fused-ring (bicyclic) bond motifs is 1. The fourth-order valence-electron chi connectivity index (χ4n) is 3.25. The first-order valence-corrected chi connectivity index (χ1v) is 7.12. The van der Waals surface area contributed by atoms with Crippen molar-refractivity contribution in [3.8, 4) is 5.75 Å². The summed E-state index contributed by atoms with van der Waals surface area (Å²) in [5, 5.41) is 2.68. The first-order valence-electron chi connectivity index (χ1n) is 7.12. The van der Waals surface area contributed by atoms with Crippen molar-refractivity contribution in [1.82, 2.24) is 10.2 Å². The number of nitrogens with one attached hydrogen (secondary N) is 1. The molecule has 2 heterocycles. The van der Waals surface area contributed by atoms with Crippen LogP contribution in [0.5, 0.6) is 5.75 Å². The highest BCUT2D eigenvalue weighted by molar-refractivity contribution is 5.80. The number of rotatable bonds is 2. The molecule has 1 N–H and O–H groups in total. The molecule has 0 saturated carbocycles. The molecule has 7 heteroatoms. The Kier molecular flexibility index (Phi) is 3.76.